The summed E-state index contributed by atoms with van der Waals surface area (Å²) in [5.74, 6) is -0.0374. The zero-order valence-electron chi connectivity index (χ0n) is 17.5. The molecule has 3 aromatic carbocycles. The second-order valence-electron chi connectivity index (χ2n) is 6.91. The maximum Gasteiger partial charge on any atom is 0.343 e. The molecule has 1 heterocycles. The van der Waals surface area contributed by atoms with E-state index in [2.05, 4.69) is 10.5 Å². The van der Waals surface area contributed by atoms with Gasteiger partial charge in [0.2, 0.25) is 6.10 Å². The van der Waals surface area contributed by atoms with Gasteiger partial charge in [-0.05, 0) is 60.2 Å². The molecule has 0 radical (unpaired) electrons. The molecule has 1 atom stereocenters. The summed E-state index contributed by atoms with van der Waals surface area (Å²) >= 11 is 0. The number of hydrazone groups is 1. The average Bonchev–Trinajstić information content (AvgIpc) is 2.84. The third-order valence-corrected chi connectivity index (χ3v) is 4.66. The highest BCUT2D eigenvalue weighted by atomic mass is 19.1. The normalized spacial score (nSPS) is 14.5. The lowest BCUT2D eigenvalue weighted by atomic mass is 10.2. The first-order valence-corrected chi connectivity index (χ1v) is 9.90. The van der Waals surface area contributed by atoms with E-state index in [0.29, 0.717) is 17.1 Å². The van der Waals surface area contributed by atoms with Crippen molar-refractivity contribution in [2.45, 2.75) is 6.10 Å². The highest BCUT2D eigenvalue weighted by Gasteiger charge is 2.27. The first kappa shape index (κ1) is 21.8. The molecule has 0 aromatic heterocycles. The number of amides is 1. The fourth-order valence-corrected chi connectivity index (χ4v) is 2.98. The number of halogens is 1. The van der Waals surface area contributed by atoms with Crippen LogP contribution in [0.5, 0.6) is 23.0 Å². The predicted molar refractivity (Wildman–Crippen MR) is 116 cm³/mol. The van der Waals surface area contributed by atoms with Crippen LogP contribution in [0.1, 0.15) is 15.9 Å². The highest BCUT2D eigenvalue weighted by molar-refractivity contribution is 5.91. The number of esters is 1. The molecule has 4 rings (SSSR count). The summed E-state index contributed by atoms with van der Waals surface area (Å²) in [7, 11) is 1.42. The molecular formula is C24H19FN2O6. The topological polar surface area (TPSA) is 95.5 Å². The van der Waals surface area contributed by atoms with Gasteiger partial charge in [0.15, 0.2) is 23.0 Å². The number of nitrogens with one attached hydrogen (secondary N) is 1. The number of ether oxygens (including phenoxy) is 4. The molecular weight excluding hydrogens is 431 g/mol. The van der Waals surface area contributed by atoms with E-state index in [1.54, 1.807) is 30.3 Å². The summed E-state index contributed by atoms with van der Waals surface area (Å²) < 4.78 is 34.8. The molecule has 1 N–H and O–H groups in total. The van der Waals surface area contributed by atoms with Gasteiger partial charge in [0.1, 0.15) is 12.4 Å². The van der Waals surface area contributed by atoms with Gasteiger partial charge < -0.3 is 18.9 Å². The number of nitrogens with zero attached hydrogens (tertiary/aromatic N) is 1. The van der Waals surface area contributed by atoms with Gasteiger partial charge in [-0.1, -0.05) is 12.1 Å². The fourth-order valence-electron chi connectivity index (χ4n) is 2.98. The minimum absolute atomic E-state index is 0.0698. The van der Waals surface area contributed by atoms with E-state index in [1.807, 2.05) is 6.07 Å². The summed E-state index contributed by atoms with van der Waals surface area (Å²) in [5.41, 5.74) is 3.19. The Bertz CT molecular complexity index is 1200. The van der Waals surface area contributed by atoms with E-state index >= 15 is 0 Å². The van der Waals surface area contributed by atoms with Crippen LogP contribution in [0.25, 0.3) is 0 Å². The van der Waals surface area contributed by atoms with Crippen molar-refractivity contribution < 1.29 is 32.9 Å². The molecule has 0 bridgehead atoms. The van der Waals surface area contributed by atoms with Gasteiger partial charge in [-0.15, -0.1) is 0 Å². The van der Waals surface area contributed by atoms with Crippen molar-refractivity contribution in [2.75, 3.05) is 13.7 Å². The molecule has 1 aliphatic heterocycles. The van der Waals surface area contributed by atoms with E-state index in [0.717, 1.165) is 0 Å². The van der Waals surface area contributed by atoms with Gasteiger partial charge >= 0.3 is 5.97 Å². The number of hydrogen-bond acceptors (Lipinski definition) is 7. The van der Waals surface area contributed by atoms with Crippen molar-refractivity contribution in [3.05, 3.63) is 83.7 Å². The largest absolute Gasteiger partial charge is 0.493 e. The van der Waals surface area contributed by atoms with Gasteiger partial charge in [0.25, 0.3) is 5.91 Å². The second kappa shape index (κ2) is 9.82. The molecule has 0 saturated carbocycles. The number of para-hydroxylation sites is 2. The third kappa shape index (κ3) is 5.27. The lowest BCUT2D eigenvalue weighted by Crippen LogP contribution is -2.42. The number of carbonyl (C=O) groups is 2. The molecule has 0 unspecified atom stereocenters. The Kier molecular flexibility index (Phi) is 6.49. The van der Waals surface area contributed by atoms with E-state index in [4.69, 9.17) is 18.9 Å². The summed E-state index contributed by atoms with van der Waals surface area (Å²) in [6.07, 6.45) is 0.573. The first-order valence-electron chi connectivity index (χ1n) is 9.90. The van der Waals surface area contributed by atoms with Crippen LogP contribution < -0.4 is 24.4 Å². The highest BCUT2D eigenvalue weighted by Crippen LogP contribution is 2.31. The molecule has 8 nitrogen and oxygen atoms in total. The average molecular weight is 450 g/mol. The molecule has 1 amide bonds. The fraction of sp³-hybridized carbons (Fsp3) is 0.125. The van der Waals surface area contributed by atoms with E-state index in [9.17, 15) is 14.0 Å². The monoisotopic (exact) mass is 450 g/mol. The predicted octanol–water partition coefficient (Wildman–Crippen LogP) is 3.34. The molecule has 9 heteroatoms. The Morgan fingerprint density at radius 3 is 2.58 bits per heavy atom. The molecule has 0 spiro atoms. The Labute approximate surface area is 188 Å². The lowest BCUT2D eigenvalue weighted by molar-refractivity contribution is -0.130. The maximum atomic E-state index is 13.0. The van der Waals surface area contributed by atoms with Crippen molar-refractivity contribution in [3.8, 4) is 23.0 Å². The maximum absolute atomic E-state index is 13.0. The summed E-state index contributed by atoms with van der Waals surface area (Å²) in [4.78, 5) is 24.6. The second-order valence-corrected chi connectivity index (χ2v) is 6.91. The number of hydrogen-bond donors (Lipinski definition) is 1. The Morgan fingerprint density at radius 1 is 1.06 bits per heavy atom. The smallest absolute Gasteiger partial charge is 0.343 e. The molecule has 1 aliphatic rings. The SMILES string of the molecule is COc1cc(/C=N\NC(=O)[C@@H]2COc3ccccc3O2)ccc1OC(=O)c1ccc(F)cc1. The van der Waals surface area contributed by atoms with Gasteiger partial charge in [-0.2, -0.15) is 5.10 Å². The summed E-state index contributed by atoms with van der Waals surface area (Å²) in [5, 5.41) is 3.94. The number of fused-ring (bicyclic) bond motifs is 1. The quantitative estimate of drug-likeness (QED) is 0.268. The van der Waals surface area contributed by atoms with Crippen LogP contribution in [0.2, 0.25) is 0 Å². The molecule has 0 fully saturated rings. The van der Waals surface area contributed by atoms with E-state index in [-0.39, 0.29) is 23.7 Å². The van der Waals surface area contributed by atoms with Gasteiger partial charge in [0.05, 0.1) is 18.9 Å². The number of methoxy groups -OCH3 is 1. The van der Waals surface area contributed by atoms with Crippen LogP contribution in [0.15, 0.2) is 71.8 Å². The van der Waals surface area contributed by atoms with Crippen molar-refractivity contribution in [1.82, 2.24) is 5.43 Å². The van der Waals surface area contributed by atoms with Crippen molar-refractivity contribution in [1.29, 1.82) is 0 Å². The van der Waals surface area contributed by atoms with Crippen molar-refractivity contribution >= 4 is 18.1 Å². The summed E-state index contributed by atoms with van der Waals surface area (Å²) in [6, 6.07) is 16.8. The third-order valence-electron chi connectivity index (χ3n) is 4.66. The number of rotatable bonds is 6. The van der Waals surface area contributed by atoms with E-state index in [1.165, 1.54) is 43.7 Å². The van der Waals surface area contributed by atoms with Crippen LogP contribution in [0.3, 0.4) is 0 Å². The molecule has 33 heavy (non-hydrogen) atoms. The van der Waals surface area contributed by atoms with Crippen LogP contribution in [0, 0.1) is 5.82 Å². The standard InChI is InChI=1S/C24H19FN2O6/c1-30-21-12-15(6-11-20(21)33-24(29)16-7-9-17(25)10-8-16)13-26-27-23(28)22-14-31-18-4-2-3-5-19(18)32-22/h2-13,22H,14H2,1H3,(H,27,28)/b26-13-/t22-/m0/s1. The van der Waals surface area contributed by atoms with Crippen molar-refractivity contribution in [3.63, 3.8) is 0 Å². The minimum atomic E-state index is -0.833. The Balaban J connectivity index is 1.37. The van der Waals surface area contributed by atoms with Gasteiger partial charge in [0, 0.05) is 0 Å². The van der Waals surface area contributed by atoms with Crippen LogP contribution in [0.4, 0.5) is 4.39 Å². The molecule has 168 valence electrons. The zero-order chi connectivity index (χ0) is 23.2. The first-order chi connectivity index (χ1) is 16.0. The van der Waals surface area contributed by atoms with Crippen molar-refractivity contribution in [2.24, 2.45) is 5.10 Å². The minimum Gasteiger partial charge on any atom is -0.493 e. The molecule has 0 saturated heterocycles. The molecule has 3 aromatic rings. The molecule has 0 aliphatic carbocycles. The number of benzene rings is 3. The van der Waals surface area contributed by atoms with E-state index < -0.39 is 23.8 Å². The van der Waals surface area contributed by atoms with Crippen LogP contribution in [-0.4, -0.2) is 37.9 Å². The van der Waals surface area contributed by atoms with Gasteiger partial charge in [-0.3, -0.25) is 4.79 Å². The van der Waals surface area contributed by atoms with Crippen LogP contribution in [-0.2, 0) is 4.79 Å². The Hall–Kier alpha value is -4.40. The zero-order valence-corrected chi connectivity index (χ0v) is 17.5. The lowest BCUT2D eigenvalue weighted by Gasteiger charge is -2.24. The van der Waals surface area contributed by atoms with Crippen LogP contribution >= 0.6 is 0 Å². The summed E-state index contributed by atoms with van der Waals surface area (Å²) in [6.45, 7) is 0.0698. The number of carbonyl (C=O) groups excluding carboxylic acids is 2. The van der Waals surface area contributed by atoms with Gasteiger partial charge in [-0.25, -0.2) is 14.6 Å². The Morgan fingerprint density at radius 2 is 1.82 bits per heavy atom.